The predicted molar refractivity (Wildman–Crippen MR) is 94.2 cm³/mol. The number of nitrogens with zero attached hydrogens (tertiary/aromatic N) is 1. The third kappa shape index (κ3) is 3.76. The normalized spacial score (nSPS) is 16.1. The van der Waals surface area contributed by atoms with Crippen LogP contribution in [0.3, 0.4) is 0 Å². The summed E-state index contributed by atoms with van der Waals surface area (Å²) < 4.78 is 6.14. The van der Waals surface area contributed by atoms with E-state index in [1.54, 1.807) is 18.4 Å². The smallest absolute Gasteiger partial charge is 0.267 e. The monoisotopic (exact) mass is 335 g/mol. The van der Waals surface area contributed by atoms with Crippen LogP contribution in [-0.4, -0.2) is 49.1 Å². The van der Waals surface area contributed by atoms with Crippen molar-refractivity contribution >= 4 is 27.5 Å². The number of H-pyrrole nitrogens is 1. The van der Waals surface area contributed by atoms with Crippen molar-refractivity contribution in [1.29, 1.82) is 0 Å². The highest BCUT2D eigenvalue weighted by Gasteiger charge is 2.18. The third-order valence-corrected chi connectivity index (χ3v) is 5.53. The minimum Gasteiger partial charge on any atom is -0.383 e. The topological polar surface area (TPSA) is 57.4 Å². The van der Waals surface area contributed by atoms with E-state index in [1.165, 1.54) is 47.5 Å². The second kappa shape index (κ2) is 7.47. The predicted octanol–water partition coefficient (Wildman–Crippen LogP) is 2.90. The number of carbonyl (C=O) groups is 1. The first kappa shape index (κ1) is 16.5. The molecule has 0 atom stereocenters. The van der Waals surface area contributed by atoms with E-state index in [-0.39, 0.29) is 5.91 Å². The van der Waals surface area contributed by atoms with Gasteiger partial charge in [0.05, 0.1) is 16.8 Å². The molecule has 0 aliphatic carbocycles. The Hall–Kier alpha value is -1.37. The molecular formula is C17H25N3O2S. The molecule has 0 aromatic carbocycles. The molecule has 126 valence electrons. The van der Waals surface area contributed by atoms with Gasteiger partial charge in [0.15, 0.2) is 0 Å². The molecule has 0 saturated carbocycles. The number of likely N-dealkylation sites (tertiary alicyclic amines) is 1. The summed E-state index contributed by atoms with van der Waals surface area (Å²) in [4.78, 5) is 19.4. The van der Waals surface area contributed by atoms with Gasteiger partial charge in [-0.1, -0.05) is 6.42 Å². The van der Waals surface area contributed by atoms with E-state index in [4.69, 9.17) is 4.74 Å². The number of thiophene rings is 1. The molecule has 2 aromatic heterocycles. The molecule has 0 radical (unpaired) electrons. The largest absolute Gasteiger partial charge is 0.383 e. The van der Waals surface area contributed by atoms with Crippen LogP contribution < -0.4 is 5.32 Å². The number of aromatic amines is 1. The van der Waals surface area contributed by atoms with Crippen LogP contribution in [-0.2, 0) is 11.3 Å². The zero-order valence-corrected chi connectivity index (χ0v) is 14.7. The lowest BCUT2D eigenvalue weighted by atomic mass is 10.1. The molecule has 2 N–H and O–H groups in total. The van der Waals surface area contributed by atoms with E-state index < -0.39 is 0 Å². The van der Waals surface area contributed by atoms with Gasteiger partial charge in [-0.15, -0.1) is 11.3 Å². The van der Waals surface area contributed by atoms with Gasteiger partial charge >= 0.3 is 0 Å². The summed E-state index contributed by atoms with van der Waals surface area (Å²) in [6, 6.07) is 1.97. The molecule has 0 bridgehead atoms. The van der Waals surface area contributed by atoms with Gasteiger partial charge in [-0.25, -0.2) is 0 Å². The average molecular weight is 335 g/mol. The summed E-state index contributed by atoms with van der Waals surface area (Å²) in [6.07, 6.45) is 3.94. The Bertz CT molecular complexity index is 671. The quantitative estimate of drug-likeness (QED) is 0.798. The lowest BCUT2D eigenvalue weighted by Gasteiger charge is -2.26. The number of hydrogen-bond donors (Lipinski definition) is 2. The van der Waals surface area contributed by atoms with E-state index in [0.29, 0.717) is 18.8 Å². The molecule has 1 saturated heterocycles. The van der Waals surface area contributed by atoms with Crippen molar-refractivity contribution in [3.05, 3.63) is 22.2 Å². The van der Waals surface area contributed by atoms with E-state index >= 15 is 0 Å². The van der Waals surface area contributed by atoms with Gasteiger partial charge in [-0.2, -0.15) is 0 Å². The van der Waals surface area contributed by atoms with Gasteiger partial charge in [0.2, 0.25) is 0 Å². The molecule has 3 heterocycles. The first-order valence-electron chi connectivity index (χ1n) is 8.29. The Morgan fingerprint density at radius 3 is 2.91 bits per heavy atom. The van der Waals surface area contributed by atoms with Crippen LogP contribution in [0.15, 0.2) is 6.07 Å². The zero-order chi connectivity index (χ0) is 16.2. The number of aromatic nitrogens is 1. The van der Waals surface area contributed by atoms with Crippen LogP contribution in [0.1, 0.15) is 40.2 Å². The molecule has 5 nitrogen and oxygen atoms in total. The van der Waals surface area contributed by atoms with Crippen LogP contribution in [0, 0.1) is 6.92 Å². The zero-order valence-electron chi connectivity index (χ0n) is 13.9. The van der Waals surface area contributed by atoms with Crippen LogP contribution in [0.5, 0.6) is 0 Å². The molecule has 0 spiro atoms. The van der Waals surface area contributed by atoms with Crippen LogP contribution >= 0.6 is 11.3 Å². The molecule has 0 unspecified atom stereocenters. The fourth-order valence-electron chi connectivity index (χ4n) is 3.16. The minimum atomic E-state index is -0.0629. The molecule has 1 amide bonds. The summed E-state index contributed by atoms with van der Waals surface area (Å²) in [5, 5.41) is 2.87. The Balaban J connectivity index is 1.76. The lowest BCUT2D eigenvalue weighted by Crippen LogP contribution is -2.29. The number of piperidine rings is 1. The number of aryl methyl sites for hydroxylation is 1. The van der Waals surface area contributed by atoms with Crippen LogP contribution in [0.2, 0.25) is 0 Å². The number of nitrogens with one attached hydrogen (secondary N) is 2. The van der Waals surface area contributed by atoms with Crippen molar-refractivity contribution in [2.24, 2.45) is 0 Å². The Morgan fingerprint density at radius 1 is 1.39 bits per heavy atom. The van der Waals surface area contributed by atoms with Crippen molar-refractivity contribution in [3.8, 4) is 0 Å². The van der Waals surface area contributed by atoms with Crippen molar-refractivity contribution in [1.82, 2.24) is 15.2 Å². The van der Waals surface area contributed by atoms with E-state index in [0.717, 1.165) is 12.1 Å². The molecular weight excluding hydrogens is 310 g/mol. The summed E-state index contributed by atoms with van der Waals surface area (Å²) in [6.45, 7) is 6.58. The summed E-state index contributed by atoms with van der Waals surface area (Å²) in [5.74, 6) is -0.0629. The molecule has 1 fully saturated rings. The molecule has 23 heavy (non-hydrogen) atoms. The summed E-state index contributed by atoms with van der Waals surface area (Å²) in [7, 11) is 1.63. The van der Waals surface area contributed by atoms with E-state index in [2.05, 4.69) is 22.1 Å². The molecule has 1 aliphatic heterocycles. The number of fused-ring (bicyclic) bond motifs is 1. The van der Waals surface area contributed by atoms with Crippen molar-refractivity contribution in [3.63, 3.8) is 0 Å². The maximum atomic E-state index is 12.2. The van der Waals surface area contributed by atoms with Gasteiger partial charge in [0, 0.05) is 30.6 Å². The minimum absolute atomic E-state index is 0.0629. The fourth-order valence-corrected chi connectivity index (χ4v) is 4.23. The summed E-state index contributed by atoms with van der Waals surface area (Å²) in [5.41, 5.74) is 3.13. The average Bonchev–Trinajstić information content (AvgIpc) is 3.08. The Labute approximate surface area is 141 Å². The standard InChI is InChI=1S/C17H25N3O2S/c1-12-13(11-20-7-4-3-5-8-20)16-15(23-12)10-14(19-16)17(21)18-6-9-22-2/h10,19H,3-9,11H2,1-2H3,(H,18,21). The highest BCUT2D eigenvalue weighted by atomic mass is 32.1. The maximum Gasteiger partial charge on any atom is 0.267 e. The highest BCUT2D eigenvalue weighted by Crippen LogP contribution is 2.32. The van der Waals surface area contributed by atoms with Gasteiger partial charge in [0.25, 0.3) is 5.91 Å². The van der Waals surface area contributed by atoms with Gasteiger partial charge in [-0.05, 0) is 38.9 Å². The third-order valence-electron chi connectivity index (χ3n) is 4.44. The number of amides is 1. The highest BCUT2D eigenvalue weighted by molar-refractivity contribution is 7.19. The van der Waals surface area contributed by atoms with Crippen LogP contribution in [0.25, 0.3) is 10.2 Å². The Morgan fingerprint density at radius 2 is 2.17 bits per heavy atom. The lowest BCUT2D eigenvalue weighted by molar-refractivity contribution is 0.0933. The van der Waals surface area contributed by atoms with Gasteiger partial charge in [0.1, 0.15) is 5.69 Å². The summed E-state index contributed by atoms with van der Waals surface area (Å²) >= 11 is 1.77. The van der Waals surface area contributed by atoms with E-state index in [1.807, 2.05) is 6.07 Å². The first-order chi connectivity index (χ1) is 11.2. The number of ether oxygens (including phenoxy) is 1. The molecule has 1 aliphatic rings. The van der Waals surface area contributed by atoms with Gasteiger partial charge < -0.3 is 15.0 Å². The molecule has 3 rings (SSSR count). The van der Waals surface area contributed by atoms with Crippen molar-refractivity contribution in [2.45, 2.75) is 32.7 Å². The second-order valence-electron chi connectivity index (χ2n) is 6.14. The number of rotatable bonds is 6. The van der Waals surface area contributed by atoms with Crippen LogP contribution in [0.4, 0.5) is 0 Å². The Kier molecular flexibility index (Phi) is 5.35. The van der Waals surface area contributed by atoms with Crippen molar-refractivity contribution in [2.75, 3.05) is 33.4 Å². The second-order valence-corrected chi connectivity index (χ2v) is 7.40. The molecule has 2 aromatic rings. The van der Waals surface area contributed by atoms with Crippen molar-refractivity contribution < 1.29 is 9.53 Å². The van der Waals surface area contributed by atoms with E-state index in [9.17, 15) is 4.79 Å². The molecule has 6 heteroatoms. The maximum absolute atomic E-state index is 12.2. The SMILES string of the molecule is COCCNC(=O)c1cc2sc(C)c(CN3CCCCC3)c2[nH]1. The first-order valence-corrected chi connectivity index (χ1v) is 9.11. The fraction of sp³-hybridized carbons (Fsp3) is 0.588. The number of carbonyl (C=O) groups excluding carboxylic acids is 1. The number of methoxy groups -OCH3 is 1. The number of hydrogen-bond acceptors (Lipinski definition) is 4. The van der Waals surface area contributed by atoms with Gasteiger partial charge in [-0.3, -0.25) is 9.69 Å².